The molecular weight excluding hydrogens is 321 g/mol. The molecule has 0 aliphatic carbocycles. The van der Waals surface area contributed by atoms with Crippen LogP contribution in [-0.4, -0.2) is 0 Å². The third kappa shape index (κ3) is 4.60. The minimum absolute atomic E-state index is 0.00218. The molecule has 0 radical (unpaired) electrons. The van der Waals surface area contributed by atoms with E-state index in [0.717, 1.165) is 5.56 Å². The zero-order chi connectivity index (χ0) is 17.6. The molecule has 3 aromatic rings. The summed E-state index contributed by atoms with van der Waals surface area (Å²) in [5.74, 6) is -0.730. The van der Waals surface area contributed by atoms with Crippen molar-refractivity contribution in [2.75, 3.05) is 0 Å². The van der Waals surface area contributed by atoms with Gasteiger partial charge in [0.05, 0.1) is 0 Å². The summed E-state index contributed by atoms with van der Waals surface area (Å²) in [6.07, 6.45) is 2.27. The number of benzene rings is 3. The van der Waals surface area contributed by atoms with E-state index in [4.69, 9.17) is 0 Å². The molecule has 0 spiro atoms. The summed E-state index contributed by atoms with van der Waals surface area (Å²) < 4.78 is 41.4. The van der Waals surface area contributed by atoms with Crippen molar-refractivity contribution in [2.24, 2.45) is 0 Å². The Labute approximate surface area is 145 Å². The lowest BCUT2D eigenvalue weighted by Crippen LogP contribution is -1.99. The summed E-state index contributed by atoms with van der Waals surface area (Å²) in [6, 6.07) is 19.5. The van der Waals surface area contributed by atoms with Gasteiger partial charge in [-0.3, -0.25) is 0 Å². The van der Waals surface area contributed by atoms with E-state index in [-0.39, 0.29) is 12.2 Å². The maximum Gasteiger partial charge on any atom is 0.129 e. The molecule has 0 heterocycles. The van der Waals surface area contributed by atoms with Crippen molar-refractivity contribution in [1.29, 1.82) is 0 Å². The Hall–Kier alpha value is -2.81. The van der Waals surface area contributed by atoms with Crippen LogP contribution in [0.25, 0.3) is 12.2 Å². The average molecular weight is 338 g/mol. The maximum atomic E-state index is 14.3. The molecule has 3 aromatic carbocycles. The van der Waals surface area contributed by atoms with E-state index in [0.29, 0.717) is 16.7 Å². The van der Waals surface area contributed by atoms with Crippen molar-refractivity contribution in [2.45, 2.75) is 12.6 Å². The average Bonchev–Trinajstić information content (AvgIpc) is 2.64. The predicted octanol–water partition coefficient (Wildman–Crippen LogP) is 6.39. The molecule has 0 nitrogen and oxygen atoms in total. The van der Waals surface area contributed by atoms with Crippen LogP contribution in [0.3, 0.4) is 0 Å². The van der Waals surface area contributed by atoms with Crippen molar-refractivity contribution in [3.05, 3.63) is 107 Å². The summed E-state index contributed by atoms with van der Waals surface area (Å²) in [4.78, 5) is 0. The maximum absolute atomic E-state index is 14.3. The highest BCUT2D eigenvalue weighted by Gasteiger charge is 2.13. The Kier molecular flexibility index (Phi) is 5.34. The molecule has 126 valence electrons. The minimum Gasteiger partial charge on any atom is -0.242 e. The normalized spacial score (nSPS) is 12.4. The largest absolute Gasteiger partial charge is 0.242 e. The van der Waals surface area contributed by atoms with Crippen LogP contribution in [0.4, 0.5) is 13.2 Å². The number of alkyl halides is 1. The van der Waals surface area contributed by atoms with Crippen molar-refractivity contribution >= 4 is 12.2 Å². The Morgan fingerprint density at radius 2 is 1.40 bits per heavy atom. The van der Waals surface area contributed by atoms with E-state index >= 15 is 0 Å². The first-order chi connectivity index (χ1) is 12.1. The van der Waals surface area contributed by atoms with E-state index < -0.39 is 12.0 Å². The summed E-state index contributed by atoms with van der Waals surface area (Å²) in [6.45, 7) is 0. The molecule has 0 amide bonds. The zero-order valence-corrected chi connectivity index (χ0v) is 13.5. The van der Waals surface area contributed by atoms with E-state index in [1.807, 2.05) is 6.07 Å². The second-order valence-corrected chi connectivity index (χ2v) is 5.82. The molecule has 0 bridgehead atoms. The van der Waals surface area contributed by atoms with Gasteiger partial charge in [-0.15, -0.1) is 0 Å². The van der Waals surface area contributed by atoms with Gasteiger partial charge in [-0.2, -0.15) is 0 Å². The molecule has 25 heavy (non-hydrogen) atoms. The van der Waals surface area contributed by atoms with Crippen molar-refractivity contribution in [3.8, 4) is 0 Å². The summed E-state index contributed by atoms with van der Waals surface area (Å²) in [5.41, 5.74) is 2.37. The molecule has 1 atom stereocenters. The summed E-state index contributed by atoms with van der Waals surface area (Å²) in [5, 5.41) is 0. The smallest absolute Gasteiger partial charge is 0.129 e. The van der Waals surface area contributed by atoms with Crippen LogP contribution in [0.5, 0.6) is 0 Å². The fourth-order valence-electron chi connectivity index (χ4n) is 2.57. The predicted molar refractivity (Wildman–Crippen MR) is 95.7 cm³/mol. The van der Waals surface area contributed by atoms with Crippen molar-refractivity contribution < 1.29 is 13.2 Å². The van der Waals surface area contributed by atoms with Gasteiger partial charge < -0.3 is 0 Å². The highest BCUT2D eigenvalue weighted by Crippen LogP contribution is 2.24. The third-order valence-corrected chi connectivity index (χ3v) is 3.98. The number of hydrogen-bond donors (Lipinski definition) is 0. The van der Waals surface area contributed by atoms with Crippen LogP contribution < -0.4 is 0 Å². The van der Waals surface area contributed by atoms with Gasteiger partial charge >= 0.3 is 0 Å². The molecule has 0 aliphatic rings. The van der Waals surface area contributed by atoms with Gasteiger partial charge in [-0.1, -0.05) is 66.7 Å². The third-order valence-electron chi connectivity index (χ3n) is 3.98. The molecule has 0 N–H and O–H groups in total. The fourth-order valence-corrected chi connectivity index (χ4v) is 2.57. The molecule has 0 fully saturated rings. The van der Waals surface area contributed by atoms with Gasteiger partial charge in [-0.05, 0) is 40.5 Å². The monoisotopic (exact) mass is 338 g/mol. The first-order valence-electron chi connectivity index (χ1n) is 8.03. The molecule has 0 aliphatic heterocycles. The second kappa shape index (κ2) is 7.84. The standard InChI is InChI=1S/C22H17F3/c23-20-12-9-16(10-13-20)6-7-17-8-11-19(21(24)14-17)15-22(25)18-4-2-1-3-5-18/h1-14,22H,15H2/t22-/m0/s1. The van der Waals surface area contributed by atoms with Crippen LogP contribution in [0, 0.1) is 11.6 Å². The number of hydrogen-bond acceptors (Lipinski definition) is 0. The second-order valence-electron chi connectivity index (χ2n) is 5.82. The molecular formula is C22H17F3. The number of rotatable bonds is 5. The SMILES string of the molecule is Fc1ccc(C=Cc2ccc(C[C@H](F)c3ccccc3)c(F)c2)cc1. The van der Waals surface area contributed by atoms with Gasteiger partial charge in [0, 0.05) is 6.42 Å². The van der Waals surface area contributed by atoms with Gasteiger partial charge in [-0.25, -0.2) is 13.2 Å². The Balaban J connectivity index is 1.71. The highest BCUT2D eigenvalue weighted by molar-refractivity contribution is 5.69. The van der Waals surface area contributed by atoms with Gasteiger partial charge in [0.15, 0.2) is 0 Å². The van der Waals surface area contributed by atoms with Crippen molar-refractivity contribution in [1.82, 2.24) is 0 Å². The van der Waals surface area contributed by atoms with Crippen LogP contribution in [0.2, 0.25) is 0 Å². The summed E-state index contributed by atoms with van der Waals surface area (Å²) >= 11 is 0. The van der Waals surface area contributed by atoms with Crippen LogP contribution in [0.1, 0.15) is 28.4 Å². The zero-order valence-electron chi connectivity index (χ0n) is 13.5. The van der Waals surface area contributed by atoms with E-state index in [1.165, 1.54) is 18.2 Å². The molecule has 0 unspecified atom stereocenters. The molecule has 0 saturated heterocycles. The molecule has 3 rings (SSSR count). The molecule has 0 aromatic heterocycles. The van der Waals surface area contributed by atoms with E-state index in [9.17, 15) is 13.2 Å². The topological polar surface area (TPSA) is 0 Å². The highest BCUT2D eigenvalue weighted by atomic mass is 19.1. The van der Waals surface area contributed by atoms with Gasteiger partial charge in [0.1, 0.15) is 17.8 Å². The summed E-state index contributed by atoms with van der Waals surface area (Å²) in [7, 11) is 0. The fraction of sp³-hybridized carbons (Fsp3) is 0.0909. The first kappa shape index (κ1) is 17.0. The van der Waals surface area contributed by atoms with Crippen LogP contribution in [-0.2, 0) is 6.42 Å². The van der Waals surface area contributed by atoms with Crippen LogP contribution in [0.15, 0.2) is 72.8 Å². The lowest BCUT2D eigenvalue weighted by atomic mass is 10.0. The quantitative estimate of drug-likeness (QED) is 0.473. The molecule has 0 saturated carbocycles. The lowest BCUT2D eigenvalue weighted by molar-refractivity contribution is 0.338. The van der Waals surface area contributed by atoms with E-state index in [2.05, 4.69) is 0 Å². The number of halogens is 3. The van der Waals surface area contributed by atoms with Crippen molar-refractivity contribution in [3.63, 3.8) is 0 Å². The minimum atomic E-state index is -1.24. The van der Waals surface area contributed by atoms with Crippen LogP contribution >= 0.6 is 0 Å². The molecule has 3 heteroatoms. The Bertz CT molecular complexity index is 852. The van der Waals surface area contributed by atoms with E-state index in [1.54, 1.807) is 60.7 Å². The first-order valence-corrected chi connectivity index (χ1v) is 8.03. The van der Waals surface area contributed by atoms with Gasteiger partial charge in [0.2, 0.25) is 0 Å². The Morgan fingerprint density at radius 3 is 2.08 bits per heavy atom. The Morgan fingerprint density at radius 1 is 0.760 bits per heavy atom. The van der Waals surface area contributed by atoms with Gasteiger partial charge in [0.25, 0.3) is 0 Å². The lowest BCUT2D eigenvalue weighted by Gasteiger charge is -2.10.